The van der Waals surface area contributed by atoms with Crippen molar-refractivity contribution in [3.63, 3.8) is 0 Å². The van der Waals surface area contributed by atoms with Crippen molar-refractivity contribution in [3.8, 4) is 0 Å². The van der Waals surface area contributed by atoms with Gasteiger partial charge in [0.15, 0.2) is 0 Å². The summed E-state index contributed by atoms with van der Waals surface area (Å²) in [4.78, 5) is 23.6. The molecule has 0 saturated carbocycles. The summed E-state index contributed by atoms with van der Waals surface area (Å²) in [5.41, 5.74) is 0. The van der Waals surface area contributed by atoms with Crippen molar-refractivity contribution < 1.29 is 19.1 Å². The average molecular weight is 389 g/mol. The lowest BCUT2D eigenvalue weighted by Crippen LogP contribution is -2.26. The minimum atomic E-state index is -0.445. The van der Waals surface area contributed by atoms with Gasteiger partial charge in [0.25, 0.3) is 0 Å². The van der Waals surface area contributed by atoms with Crippen LogP contribution in [0, 0.1) is 0 Å². The van der Waals surface area contributed by atoms with Gasteiger partial charge >= 0.3 is 11.9 Å². The van der Waals surface area contributed by atoms with Crippen molar-refractivity contribution in [2.45, 2.75) is 110 Å². The first-order valence-electron chi connectivity index (χ1n) is 10.6. The molecule has 0 spiro atoms. The van der Waals surface area contributed by atoms with Crippen LogP contribution in [-0.4, -0.2) is 30.4 Å². The summed E-state index contributed by atoms with van der Waals surface area (Å²) in [5.74, 6) is -0.0576. The number of rotatable bonds is 18. The molecular formula is C21H40O4S. The Balaban J connectivity index is 3.70. The third-order valence-electron chi connectivity index (χ3n) is 4.40. The molecule has 0 bridgehead atoms. The summed E-state index contributed by atoms with van der Waals surface area (Å²) >= 11 is 4.19. The van der Waals surface area contributed by atoms with Gasteiger partial charge in [0.05, 0.1) is 0 Å². The van der Waals surface area contributed by atoms with Crippen molar-refractivity contribution >= 4 is 24.6 Å². The number of ether oxygens (including phenoxy) is 2. The number of hydrogen-bond donors (Lipinski definition) is 1. The third kappa shape index (κ3) is 16.7. The molecule has 154 valence electrons. The molecule has 0 aromatic rings. The van der Waals surface area contributed by atoms with E-state index >= 15 is 0 Å². The minimum Gasteiger partial charge on any atom is -0.462 e. The van der Waals surface area contributed by atoms with Crippen molar-refractivity contribution in [1.29, 1.82) is 0 Å². The van der Waals surface area contributed by atoms with Crippen LogP contribution in [0.3, 0.4) is 0 Å². The topological polar surface area (TPSA) is 52.6 Å². The number of carbonyl (C=O) groups is 2. The summed E-state index contributed by atoms with van der Waals surface area (Å²) in [5, 5.41) is 0. The highest BCUT2D eigenvalue weighted by Gasteiger charge is 2.15. The van der Waals surface area contributed by atoms with Gasteiger partial charge in [-0.25, -0.2) is 0 Å². The van der Waals surface area contributed by atoms with Gasteiger partial charge in [0.1, 0.15) is 12.7 Å². The fraction of sp³-hybridized carbons (Fsp3) is 0.905. The quantitative estimate of drug-likeness (QED) is 0.181. The normalized spacial score (nSPS) is 12.0. The Bertz CT molecular complexity index is 347. The summed E-state index contributed by atoms with van der Waals surface area (Å²) < 4.78 is 10.6. The maximum atomic E-state index is 11.8. The molecule has 1 atom stereocenters. The number of carbonyl (C=O) groups excluding carboxylic acids is 2. The number of thiol groups is 1. The van der Waals surface area contributed by atoms with Crippen LogP contribution in [0.25, 0.3) is 0 Å². The van der Waals surface area contributed by atoms with Gasteiger partial charge in [-0.1, -0.05) is 78.1 Å². The van der Waals surface area contributed by atoms with E-state index in [-0.39, 0.29) is 18.5 Å². The molecule has 0 rings (SSSR count). The summed E-state index contributed by atoms with van der Waals surface area (Å²) in [7, 11) is 0. The Kier molecular flexibility index (Phi) is 18.5. The fourth-order valence-corrected chi connectivity index (χ4v) is 2.91. The van der Waals surface area contributed by atoms with E-state index in [0.29, 0.717) is 18.6 Å². The van der Waals surface area contributed by atoms with Crippen LogP contribution in [0.5, 0.6) is 0 Å². The van der Waals surface area contributed by atoms with Gasteiger partial charge in [-0.3, -0.25) is 9.59 Å². The molecule has 0 amide bonds. The number of unbranched alkanes of at least 4 members (excludes halogenated alkanes) is 10. The SMILES string of the molecule is CCCCCCCCC(=O)OC[C@H](CS)OC(=O)CCCCCCCC. The van der Waals surface area contributed by atoms with E-state index in [2.05, 4.69) is 26.5 Å². The molecule has 5 heteroatoms. The van der Waals surface area contributed by atoms with E-state index in [1.807, 2.05) is 0 Å². The fourth-order valence-electron chi connectivity index (χ4n) is 2.73. The Morgan fingerprint density at radius 3 is 1.69 bits per heavy atom. The number of esters is 2. The Morgan fingerprint density at radius 2 is 1.19 bits per heavy atom. The second kappa shape index (κ2) is 19.1. The molecule has 0 aliphatic carbocycles. The van der Waals surface area contributed by atoms with Gasteiger partial charge in [-0.05, 0) is 12.8 Å². The van der Waals surface area contributed by atoms with Gasteiger partial charge in [0, 0.05) is 18.6 Å². The maximum Gasteiger partial charge on any atom is 0.306 e. The first-order valence-corrected chi connectivity index (χ1v) is 11.2. The monoisotopic (exact) mass is 388 g/mol. The van der Waals surface area contributed by atoms with Crippen LogP contribution in [-0.2, 0) is 19.1 Å². The van der Waals surface area contributed by atoms with E-state index in [1.165, 1.54) is 51.4 Å². The van der Waals surface area contributed by atoms with E-state index in [1.54, 1.807) is 0 Å². The first kappa shape index (κ1) is 25.3. The average Bonchev–Trinajstić information content (AvgIpc) is 2.64. The lowest BCUT2D eigenvalue weighted by molar-refractivity contribution is -0.157. The molecule has 26 heavy (non-hydrogen) atoms. The Hall–Kier alpha value is -0.710. The van der Waals surface area contributed by atoms with E-state index in [9.17, 15) is 9.59 Å². The highest BCUT2D eigenvalue weighted by Crippen LogP contribution is 2.10. The molecule has 0 aromatic carbocycles. The molecule has 0 N–H and O–H groups in total. The lowest BCUT2D eigenvalue weighted by Gasteiger charge is -2.16. The van der Waals surface area contributed by atoms with E-state index in [0.717, 1.165) is 25.7 Å². The summed E-state index contributed by atoms with van der Waals surface area (Å²) in [6.45, 7) is 4.49. The van der Waals surface area contributed by atoms with Gasteiger partial charge in [0.2, 0.25) is 0 Å². The third-order valence-corrected chi connectivity index (χ3v) is 4.81. The molecule has 0 fully saturated rings. The van der Waals surface area contributed by atoms with Crippen molar-refractivity contribution in [2.24, 2.45) is 0 Å². The molecule has 0 aliphatic heterocycles. The van der Waals surface area contributed by atoms with Crippen LogP contribution in [0.1, 0.15) is 104 Å². The zero-order chi connectivity index (χ0) is 19.5. The zero-order valence-corrected chi connectivity index (χ0v) is 17.9. The first-order chi connectivity index (χ1) is 12.6. The smallest absolute Gasteiger partial charge is 0.306 e. The maximum absolute atomic E-state index is 11.8. The second-order valence-corrected chi connectivity index (χ2v) is 7.38. The standard InChI is InChI=1S/C21H40O4S/c1-3-5-7-9-11-13-15-20(22)24-17-19(18-26)25-21(23)16-14-12-10-8-6-4-2/h19,26H,3-18H2,1-2H3/t19-/m1/s1. The van der Waals surface area contributed by atoms with Crippen LogP contribution in [0.2, 0.25) is 0 Å². The van der Waals surface area contributed by atoms with Crippen molar-refractivity contribution in [2.75, 3.05) is 12.4 Å². The van der Waals surface area contributed by atoms with Crippen molar-refractivity contribution in [1.82, 2.24) is 0 Å². The molecule has 0 heterocycles. The molecule has 0 aromatic heterocycles. The summed E-state index contributed by atoms with van der Waals surface area (Å²) in [6, 6.07) is 0. The predicted octanol–water partition coefficient (Wildman–Crippen LogP) is 5.87. The zero-order valence-electron chi connectivity index (χ0n) is 17.0. The van der Waals surface area contributed by atoms with Gasteiger partial charge < -0.3 is 9.47 Å². The molecule has 4 nitrogen and oxygen atoms in total. The molecule has 0 unspecified atom stereocenters. The summed E-state index contributed by atoms with van der Waals surface area (Å²) in [6.07, 6.45) is 14.1. The highest BCUT2D eigenvalue weighted by atomic mass is 32.1. The van der Waals surface area contributed by atoms with Gasteiger partial charge in [-0.15, -0.1) is 0 Å². The minimum absolute atomic E-state index is 0.112. The number of hydrogen-bond acceptors (Lipinski definition) is 5. The Morgan fingerprint density at radius 1 is 0.731 bits per heavy atom. The van der Waals surface area contributed by atoms with Crippen LogP contribution in [0.4, 0.5) is 0 Å². The molecular weight excluding hydrogens is 348 g/mol. The lowest BCUT2D eigenvalue weighted by atomic mass is 10.1. The van der Waals surface area contributed by atoms with Crippen LogP contribution >= 0.6 is 12.6 Å². The van der Waals surface area contributed by atoms with Crippen LogP contribution in [0.15, 0.2) is 0 Å². The molecule has 0 aliphatic rings. The second-order valence-electron chi connectivity index (χ2n) is 7.01. The van der Waals surface area contributed by atoms with E-state index < -0.39 is 6.10 Å². The predicted molar refractivity (Wildman–Crippen MR) is 111 cm³/mol. The highest BCUT2D eigenvalue weighted by molar-refractivity contribution is 7.80. The van der Waals surface area contributed by atoms with Crippen LogP contribution < -0.4 is 0 Å². The molecule has 0 radical (unpaired) electrons. The van der Waals surface area contributed by atoms with E-state index in [4.69, 9.17) is 9.47 Å². The largest absolute Gasteiger partial charge is 0.462 e. The van der Waals surface area contributed by atoms with Crippen molar-refractivity contribution in [3.05, 3.63) is 0 Å². The van der Waals surface area contributed by atoms with Gasteiger partial charge in [-0.2, -0.15) is 12.6 Å². The molecule has 0 saturated heterocycles. The Labute approximate surface area is 166 Å².